The number of halogens is 1. The lowest BCUT2D eigenvalue weighted by Gasteiger charge is -2.18. The van der Waals surface area contributed by atoms with Crippen molar-refractivity contribution in [1.29, 1.82) is 0 Å². The molecule has 0 bridgehead atoms. The van der Waals surface area contributed by atoms with Crippen LogP contribution in [0.2, 0.25) is 5.02 Å². The van der Waals surface area contributed by atoms with Crippen molar-refractivity contribution in [1.82, 2.24) is 4.98 Å². The Morgan fingerprint density at radius 2 is 2.07 bits per heavy atom. The Kier molecular flexibility index (Phi) is 4.74. The van der Waals surface area contributed by atoms with Crippen LogP contribution in [0.4, 0.5) is 10.8 Å². The van der Waals surface area contributed by atoms with Gasteiger partial charge in [0, 0.05) is 34.0 Å². The number of anilines is 1. The lowest BCUT2D eigenvalue weighted by molar-refractivity contribution is -0.385. The first kappa shape index (κ1) is 17.4. The van der Waals surface area contributed by atoms with Gasteiger partial charge in [-0.1, -0.05) is 29.8 Å². The monoisotopic (exact) mass is 400 g/mol. The highest BCUT2D eigenvalue weighted by Gasteiger charge is 2.25. The van der Waals surface area contributed by atoms with Crippen molar-refractivity contribution in [3.63, 3.8) is 0 Å². The summed E-state index contributed by atoms with van der Waals surface area (Å²) in [5.74, 6) is 0.260. The van der Waals surface area contributed by atoms with Gasteiger partial charge in [0.15, 0.2) is 0 Å². The number of fused-ring (bicyclic) bond motifs is 1. The number of nitro benzene ring substituents is 1. The summed E-state index contributed by atoms with van der Waals surface area (Å²) < 4.78 is 5.50. The van der Waals surface area contributed by atoms with Crippen LogP contribution in [0.5, 0.6) is 5.75 Å². The van der Waals surface area contributed by atoms with E-state index in [-0.39, 0.29) is 11.4 Å². The van der Waals surface area contributed by atoms with Gasteiger partial charge < -0.3 is 4.74 Å². The number of para-hydroxylation sites is 1. The van der Waals surface area contributed by atoms with Gasteiger partial charge in [0.2, 0.25) is 10.9 Å². The Labute approximate surface area is 163 Å². The van der Waals surface area contributed by atoms with Crippen LogP contribution in [-0.4, -0.2) is 22.2 Å². The second-order valence-electron chi connectivity index (χ2n) is 5.72. The van der Waals surface area contributed by atoms with Crippen molar-refractivity contribution in [2.24, 2.45) is 5.10 Å². The zero-order valence-electron chi connectivity index (χ0n) is 13.9. The largest absolute Gasteiger partial charge is 0.486 e. The van der Waals surface area contributed by atoms with E-state index in [9.17, 15) is 10.1 Å². The minimum absolute atomic E-state index is 0.0563. The first-order valence-electron chi connectivity index (χ1n) is 8.06. The molecule has 0 atom stereocenters. The minimum atomic E-state index is -0.450. The molecule has 3 aromatic rings. The van der Waals surface area contributed by atoms with E-state index < -0.39 is 4.92 Å². The molecule has 0 saturated carbocycles. The van der Waals surface area contributed by atoms with E-state index in [0.717, 1.165) is 11.3 Å². The van der Waals surface area contributed by atoms with Gasteiger partial charge in [-0.3, -0.25) is 15.5 Å². The topological polar surface area (TPSA) is 89.7 Å². The fourth-order valence-electron chi connectivity index (χ4n) is 2.74. The van der Waals surface area contributed by atoms with Crippen LogP contribution < -0.4 is 10.2 Å². The first-order chi connectivity index (χ1) is 13.1. The van der Waals surface area contributed by atoms with Gasteiger partial charge in [0.25, 0.3) is 0 Å². The second kappa shape index (κ2) is 7.34. The smallest absolute Gasteiger partial charge is 0.311 e. The molecule has 2 heterocycles. The van der Waals surface area contributed by atoms with Crippen molar-refractivity contribution in [2.75, 3.05) is 12.0 Å². The molecule has 0 fully saturated rings. The molecule has 136 valence electrons. The van der Waals surface area contributed by atoms with Crippen LogP contribution in [0.15, 0.2) is 52.9 Å². The van der Waals surface area contributed by atoms with Gasteiger partial charge in [0.05, 0.1) is 22.9 Å². The molecule has 1 aliphatic heterocycles. The van der Waals surface area contributed by atoms with Gasteiger partial charge in [-0.15, -0.1) is 11.3 Å². The highest BCUT2D eigenvalue weighted by atomic mass is 35.5. The number of nitro groups is 1. The number of hydrogen-bond donors (Lipinski definition) is 1. The molecule has 0 amide bonds. The fraction of sp³-hybridized carbons (Fsp3) is 0.111. The van der Waals surface area contributed by atoms with Crippen molar-refractivity contribution in [2.45, 2.75) is 6.42 Å². The van der Waals surface area contributed by atoms with Crippen molar-refractivity contribution < 1.29 is 9.66 Å². The van der Waals surface area contributed by atoms with E-state index in [2.05, 4.69) is 15.5 Å². The number of ether oxygens (including phenoxy) is 1. The average molecular weight is 401 g/mol. The first-order valence-corrected chi connectivity index (χ1v) is 9.32. The number of aromatic nitrogens is 1. The molecule has 0 saturated heterocycles. The molecule has 0 aliphatic carbocycles. The van der Waals surface area contributed by atoms with Crippen LogP contribution in [0, 0.1) is 10.1 Å². The maximum absolute atomic E-state index is 11.2. The fourth-order valence-corrected chi connectivity index (χ4v) is 3.53. The van der Waals surface area contributed by atoms with Gasteiger partial charge in [0.1, 0.15) is 0 Å². The Balaban J connectivity index is 1.57. The van der Waals surface area contributed by atoms with Crippen molar-refractivity contribution in [3.8, 4) is 17.0 Å². The van der Waals surface area contributed by atoms with Crippen LogP contribution >= 0.6 is 22.9 Å². The van der Waals surface area contributed by atoms with Crippen molar-refractivity contribution in [3.05, 3.63) is 68.5 Å². The molecular formula is C18H13ClN4O3S. The molecule has 0 spiro atoms. The molecule has 9 heteroatoms. The summed E-state index contributed by atoms with van der Waals surface area (Å²) >= 11 is 7.34. The maximum Gasteiger partial charge on any atom is 0.311 e. The molecule has 1 aromatic heterocycles. The van der Waals surface area contributed by atoms with Gasteiger partial charge in [-0.05, 0) is 18.2 Å². The molecule has 0 unspecified atom stereocenters. The summed E-state index contributed by atoms with van der Waals surface area (Å²) in [4.78, 5) is 15.2. The zero-order chi connectivity index (χ0) is 18.8. The predicted molar refractivity (Wildman–Crippen MR) is 106 cm³/mol. The van der Waals surface area contributed by atoms with Crippen LogP contribution in [0.25, 0.3) is 11.3 Å². The van der Waals surface area contributed by atoms with E-state index in [0.29, 0.717) is 34.5 Å². The summed E-state index contributed by atoms with van der Waals surface area (Å²) in [7, 11) is 0. The predicted octanol–water partition coefficient (Wildman–Crippen LogP) is 4.97. The van der Waals surface area contributed by atoms with E-state index in [4.69, 9.17) is 16.3 Å². The second-order valence-corrected chi connectivity index (χ2v) is 7.02. The molecule has 2 aromatic carbocycles. The van der Waals surface area contributed by atoms with Crippen molar-refractivity contribution >= 4 is 39.5 Å². The van der Waals surface area contributed by atoms with E-state index in [1.165, 1.54) is 17.4 Å². The number of nitrogens with zero attached hydrogens (tertiary/aromatic N) is 3. The highest BCUT2D eigenvalue weighted by molar-refractivity contribution is 7.14. The number of nitrogens with one attached hydrogen (secondary N) is 1. The summed E-state index contributed by atoms with van der Waals surface area (Å²) in [6.45, 7) is 0.340. The Bertz CT molecular complexity index is 1030. The molecule has 1 aliphatic rings. The summed E-state index contributed by atoms with van der Waals surface area (Å²) in [5, 5.41) is 18.8. The number of thiazole rings is 1. The molecular weight excluding hydrogens is 388 g/mol. The third-order valence-electron chi connectivity index (χ3n) is 4.02. The van der Waals surface area contributed by atoms with E-state index in [1.807, 2.05) is 29.6 Å². The third kappa shape index (κ3) is 3.62. The summed E-state index contributed by atoms with van der Waals surface area (Å²) in [5.41, 5.74) is 6.00. The normalized spacial score (nSPS) is 14.5. The molecule has 0 radical (unpaired) electrons. The zero-order valence-corrected chi connectivity index (χ0v) is 15.5. The van der Waals surface area contributed by atoms with Crippen LogP contribution in [0.1, 0.15) is 12.0 Å². The van der Waals surface area contributed by atoms with E-state index >= 15 is 0 Å². The van der Waals surface area contributed by atoms with E-state index in [1.54, 1.807) is 12.1 Å². The lowest BCUT2D eigenvalue weighted by Crippen LogP contribution is -2.18. The summed E-state index contributed by atoms with van der Waals surface area (Å²) in [6, 6.07) is 12.3. The average Bonchev–Trinajstić information content (AvgIpc) is 3.15. The number of rotatable bonds is 4. The molecule has 7 nitrogen and oxygen atoms in total. The SMILES string of the molecule is O=[N+]([O-])c1cccc2c1OCC/C2=N\Nc1nc(-c2ccc(Cl)cc2)cs1. The van der Waals surface area contributed by atoms with Gasteiger partial charge in [-0.2, -0.15) is 5.10 Å². The van der Waals surface area contributed by atoms with Crippen LogP contribution in [-0.2, 0) is 0 Å². The van der Waals surface area contributed by atoms with Gasteiger partial charge in [-0.25, -0.2) is 4.98 Å². The third-order valence-corrected chi connectivity index (χ3v) is 5.02. The van der Waals surface area contributed by atoms with Crippen LogP contribution in [0.3, 0.4) is 0 Å². The Hall–Kier alpha value is -2.97. The quantitative estimate of drug-likeness (QED) is 0.493. The number of hydrazone groups is 1. The number of hydrogen-bond acceptors (Lipinski definition) is 7. The standard InChI is InChI=1S/C18H13ClN4O3S/c19-12-6-4-11(5-7-12)15-10-27-18(20-15)22-21-14-8-9-26-17-13(14)2-1-3-16(17)23(24)25/h1-7,10H,8-9H2,(H,20,22)/b21-14+. The van der Waals surface area contributed by atoms with Gasteiger partial charge >= 0.3 is 5.69 Å². The molecule has 27 heavy (non-hydrogen) atoms. The summed E-state index contributed by atoms with van der Waals surface area (Å²) in [6.07, 6.45) is 0.552. The maximum atomic E-state index is 11.2. The molecule has 4 rings (SSSR count). The highest BCUT2D eigenvalue weighted by Crippen LogP contribution is 2.35. The lowest BCUT2D eigenvalue weighted by atomic mass is 10.0. The Morgan fingerprint density at radius 3 is 2.85 bits per heavy atom. The molecule has 1 N–H and O–H groups in total. The Morgan fingerprint density at radius 1 is 1.26 bits per heavy atom. The number of benzene rings is 2. The minimum Gasteiger partial charge on any atom is -0.486 e.